The highest BCUT2D eigenvalue weighted by molar-refractivity contribution is 5.89. The standard InChI is InChI=1S/C10H14O2/c1-6-8(9(11)12)7-3-4-10(6,2)5-7/h7H,3-5H2,1-2H3,(H,11,12). The summed E-state index contributed by atoms with van der Waals surface area (Å²) in [6.45, 7) is 4.18. The second-order valence-corrected chi connectivity index (χ2v) is 4.34. The number of hydrogen-bond acceptors (Lipinski definition) is 1. The fourth-order valence-corrected chi connectivity index (χ4v) is 2.79. The van der Waals surface area contributed by atoms with Crippen LogP contribution in [-0.2, 0) is 4.79 Å². The van der Waals surface area contributed by atoms with Crippen molar-refractivity contribution in [3.8, 4) is 0 Å². The zero-order valence-corrected chi connectivity index (χ0v) is 7.55. The maximum absolute atomic E-state index is 10.9. The summed E-state index contributed by atoms with van der Waals surface area (Å²) in [5, 5.41) is 8.96. The first-order valence-corrected chi connectivity index (χ1v) is 4.49. The lowest BCUT2D eigenvalue weighted by molar-refractivity contribution is -0.133. The Balaban J connectivity index is 2.46. The van der Waals surface area contributed by atoms with Gasteiger partial charge in [-0.25, -0.2) is 4.79 Å². The molecule has 0 spiro atoms. The van der Waals surface area contributed by atoms with E-state index in [0.717, 1.165) is 18.4 Å². The van der Waals surface area contributed by atoms with Gasteiger partial charge < -0.3 is 5.11 Å². The van der Waals surface area contributed by atoms with Gasteiger partial charge in [-0.3, -0.25) is 0 Å². The molecular formula is C10H14O2. The molecule has 2 unspecified atom stereocenters. The van der Waals surface area contributed by atoms with Crippen molar-refractivity contribution in [1.29, 1.82) is 0 Å². The Bertz CT molecular complexity index is 278. The van der Waals surface area contributed by atoms with Gasteiger partial charge in [-0.2, -0.15) is 0 Å². The highest BCUT2D eigenvalue weighted by Gasteiger charge is 2.47. The van der Waals surface area contributed by atoms with Crippen LogP contribution in [0, 0.1) is 11.3 Å². The Morgan fingerprint density at radius 3 is 2.67 bits per heavy atom. The number of rotatable bonds is 1. The molecule has 2 atom stereocenters. The van der Waals surface area contributed by atoms with Crippen molar-refractivity contribution in [2.45, 2.75) is 33.1 Å². The first-order valence-electron chi connectivity index (χ1n) is 4.49. The summed E-state index contributed by atoms with van der Waals surface area (Å²) in [5.74, 6) is -0.339. The summed E-state index contributed by atoms with van der Waals surface area (Å²) < 4.78 is 0. The van der Waals surface area contributed by atoms with E-state index in [0.29, 0.717) is 11.5 Å². The van der Waals surface area contributed by atoms with Crippen molar-refractivity contribution in [2.24, 2.45) is 11.3 Å². The molecule has 2 nitrogen and oxygen atoms in total. The van der Waals surface area contributed by atoms with Crippen LogP contribution in [0.3, 0.4) is 0 Å². The molecule has 0 aliphatic heterocycles. The molecule has 2 heteroatoms. The molecule has 2 aliphatic carbocycles. The lowest BCUT2D eigenvalue weighted by Gasteiger charge is -2.23. The highest BCUT2D eigenvalue weighted by atomic mass is 16.4. The predicted octanol–water partition coefficient (Wildman–Crippen LogP) is 2.21. The van der Waals surface area contributed by atoms with Crippen LogP contribution in [0.2, 0.25) is 0 Å². The smallest absolute Gasteiger partial charge is 0.331 e. The van der Waals surface area contributed by atoms with E-state index in [9.17, 15) is 4.79 Å². The quantitative estimate of drug-likeness (QED) is 0.648. The topological polar surface area (TPSA) is 37.3 Å². The van der Waals surface area contributed by atoms with Crippen LogP contribution in [-0.4, -0.2) is 11.1 Å². The van der Waals surface area contributed by atoms with Gasteiger partial charge in [0.15, 0.2) is 0 Å². The average molecular weight is 166 g/mol. The molecule has 0 aromatic carbocycles. The minimum atomic E-state index is -0.694. The van der Waals surface area contributed by atoms with Crippen LogP contribution >= 0.6 is 0 Å². The molecule has 0 aromatic rings. The SMILES string of the molecule is CC1=C(C(=O)O)C2CCC1(C)C2. The fraction of sp³-hybridized carbons (Fsp3) is 0.700. The summed E-state index contributed by atoms with van der Waals surface area (Å²) in [6, 6.07) is 0. The number of allylic oxidation sites excluding steroid dienone is 1. The lowest BCUT2D eigenvalue weighted by atomic mass is 9.82. The number of carboxylic acid groups (broad SMARTS) is 1. The van der Waals surface area contributed by atoms with Gasteiger partial charge in [0.05, 0.1) is 0 Å². The second-order valence-electron chi connectivity index (χ2n) is 4.34. The van der Waals surface area contributed by atoms with Crippen LogP contribution in [0.1, 0.15) is 33.1 Å². The van der Waals surface area contributed by atoms with E-state index in [2.05, 4.69) is 6.92 Å². The Morgan fingerprint density at radius 2 is 2.33 bits per heavy atom. The molecule has 2 rings (SSSR count). The predicted molar refractivity (Wildman–Crippen MR) is 45.8 cm³/mol. The first-order chi connectivity index (χ1) is 5.54. The Labute approximate surface area is 72.3 Å². The Hall–Kier alpha value is -0.790. The average Bonchev–Trinajstić information content (AvgIpc) is 2.41. The van der Waals surface area contributed by atoms with E-state index in [1.54, 1.807) is 0 Å². The summed E-state index contributed by atoms with van der Waals surface area (Å²) in [5.41, 5.74) is 2.06. The van der Waals surface area contributed by atoms with Crippen LogP contribution in [0.15, 0.2) is 11.1 Å². The molecule has 1 fully saturated rings. The summed E-state index contributed by atoms with van der Waals surface area (Å²) in [4.78, 5) is 10.9. The number of fused-ring (bicyclic) bond motifs is 2. The number of carboxylic acids is 1. The molecule has 1 saturated carbocycles. The fourth-order valence-electron chi connectivity index (χ4n) is 2.79. The van der Waals surface area contributed by atoms with Gasteiger partial charge in [0.1, 0.15) is 0 Å². The largest absolute Gasteiger partial charge is 0.478 e. The molecule has 0 radical (unpaired) electrons. The van der Waals surface area contributed by atoms with E-state index in [1.807, 2.05) is 6.92 Å². The van der Waals surface area contributed by atoms with Gasteiger partial charge in [-0.1, -0.05) is 12.5 Å². The van der Waals surface area contributed by atoms with E-state index in [1.165, 1.54) is 6.42 Å². The third-order valence-corrected chi connectivity index (χ3v) is 3.69. The molecule has 12 heavy (non-hydrogen) atoms. The van der Waals surface area contributed by atoms with Crippen molar-refractivity contribution in [1.82, 2.24) is 0 Å². The molecule has 1 N–H and O–H groups in total. The highest BCUT2D eigenvalue weighted by Crippen LogP contribution is 2.56. The van der Waals surface area contributed by atoms with Crippen LogP contribution < -0.4 is 0 Å². The van der Waals surface area contributed by atoms with E-state index >= 15 is 0 Å². The van der Waals surface area contributed by atoms with Crippen LogP contribution in [0.5, 0.6) is 0 Å². The zero-order valence-electron chi connectivity index (χ0n) is 7.55. The number of carbonyl (C=O) groups is 1. The van der Waals surface area contributed by atoms with Crippen molar-refractivity contribution in [2.75, 3.05) is 0 Å². The van der Waals surface area contributed by atoms with Crippen molar-refractivity contribution in [3.63, 3.8) is 0 Å². The number of aliphatic carboxylic acids is 1. The molecule has 0 saturated heterocycles. The van der Waals surface area contributed by atoms with Gasteiger partial charge in [-0.15, -0.1) is 0 Å². The van der Waals surface area contributed by atoms with Gasteiger partial charge in [0, 0.05) is 5.57 Å². The maximum atomic E-state index is 10.9. The van der Waals surface area contributed by atoms with Gasteiger partial charge >= 0.3 is 5.97 Å². The number of hydrogen-bond donors (Lipinski definition) is 1. The van der Waals surface area contributed by atoms with Crippen molar-refractivity contribution in [3.05, 3.63) is 11.1 Å². The summed E-state index contributed by atoms with van der Waals surface area (Å²) in [7, 11) is 0. The van der Waals surface area contributed by atoms with E-state index in [4.69, 9.17) is 5.11 Å². The first kappa shape index (κ1) is 7.84. The zero-order chi connectivity index (χ0) is 8.93. The molecule has 2 aliphatic rings. The molecule has 0 heterocycles. The third kappa shape index (κ3) is 0.780. The normalized spacial score (nSPS) is 39.3. The molecule has 2 bridgehead atoms. The molecule has 0 aromatic heterocycles. The molecule has 66 valence electrons. The molecule has 0 amide bonds. The summed E-state index contributed by atoms with van der Waals surface area (Å²) in [6.07, 6.45) is 3.33. The van der Waals surface area contributed by atoms with E-state index < -0.39 is 5.97 Å². The van der Waals surface area contributed by atoms with Gasteiger partial charge in [0.25, 0.3) is 0 Å². The minimum Gasteiger partial charge on any atom is -0.478 e. The van der Waals surface area contributed by atoms with Crippen molar-refractivity contribution < 1.29 is 9.90 Å². The maximum Gasteiger partial charge on any atom is 0.331 e. The molecular weight excluding hydrogens is 152 g/mol. The minimum absolute atomic E-state index is 0.221. The van der Waals surface area contributed by atoms with Gasteiger partial charge in [-0.05, 0) is 37.5 Å². The second kappa shape index (κ2) is 2.12. The Kier molecular flexibility index (Phi) is 1.39. The third-order valence-electron chi connectivity index (χ3n) is 3.69. The van der Waals surface area contributed by atoms with Crippen molar-refractivity contribution >= 4 is 5.97 Å². The van der Waals surface area contributed by atoms with E-state index in [-0.39, 0.29) is 5.41 Å². The monoisotopic (exact) mass is 166 g/mol. The van der Waals surface area contributed by atoms with Gasteiger partial charge in [0.2, 0.25) is 0 Å². The lowest BCUT2D eigenvalue weighted by Crippen LogP contribution is -2.15. The van der Waals surface area contributed by atoms with Crippen LogP contribution in [0.4, 0.5) is 0 Å². The Morgan fingerprint density at radius 1 is 1.67 bits per heavy atom. The van der Waals surface area contributed by atoms with Crippen LogP contribution in [0.25, 0.3) is 0 Å². The summed E-state index contributed by atoms with van der Waals surface area (Å²) >= 11 is 0.